The second-order valence-electron chi connectivity index (χ2n) is 6.00. The number of anilines is 1. The van der Waals surface area contributed by atoms with Crippen LogP contribution in [0.1, 0.15) is 29.5 Å². The highest BCUT2D eigenvalue weighted by Gasteiger charge is 2.40. The van der Waals surface area contributed by atoms with Crippen molar-refractivity contribution in [2.45, 2.75) is 18.4 Å². The van der Waals surface area contributed by atoms with Crippen molar-refractivity contribution < 1.29 is 4.92 Å². The summed E-state index contributed by atoms with van der Waals surface area (Å²) < 4.78 is 0.998. The second kappa shape index (κ2) is 5.49. The summed E-state index contributed by atoms with van der Waals surface area (Å²) in [6, 6.07) is 13.2. The molecule has 4 rings (SSSR count). The maximum Gasteiger partial charge on any atom is 0.274 e. The van der Waals surface area contributed by atoms with Gasteiger partial charge in [0, 0.05) is 16.5 Å². The number of nitrogens with zero attached hydrogens (tertiary/aromatic N) is 1. The maximum atomic E-state index is 11.4. The lowest BCUT2D eigenvalue weighted by molar-refractivity contribution is -0.385. The number of allylic oxidation sites excluding steroid dienone is 2. The number of halogens is 1. The van der Waals surface area contributed by atoms with Crippen molar-refractivity contribution >= 4 is 27.3 Å². The number of nitro benzene ring substituents is 1. The summed E-state index contributed by atoms with van der Waals surface area (Å²) in [4.78, 5) is 11.1. The van der Waals surface area contributed by atoms with E-state index >= 15 is 0 Å². The Morgan fingerprint density at radius 3 is 2.74 bits per heavy atom. The number of nitro groups is 1. The number of rotatable bonds is 2. The van der Waals surface area contributed by atoms with Crippen molar-refractivity contribution in [3.63, 3.8) is 0 Å². The molecule has 0 radical (unpaired) electrons. The zero-order valence-electron chi connectivity index (χ0n) is 12.3. The Bertz CT molecular complexity index is 818. The van der Waals surface area contributed by atoms with Gasteiger partial charge in [-0.15, -0.1) is 0 Å². The number of benzene rings is 2. The third-order valence-corrected chi connectivity index (χ3v) is 5.48. The number of nitrogens with one attached hydrogen (secondary N) is 1. The second-order valence-corrected chi connectivity index (χ2v) is 6.85. The summed E-state index contributed by atoms with van der Waals surface area (Å²) in [5.74, 6) is 0.603. The summed E-state index contributed by atoms with van der Waals surface area (Å²) in [5, 5.41) is 15.0. The molecule has 0 unspecified atom stereocenters. The first-order valence-corrected chi connectivity index (χ1v) is 8.41. The van der Waals surface area contributed by atoms with Crippen molar-refractivity contribution in [1.82, 2.24) is 0 Å². The van der Waals surface area contributed by atoms with Crippen LogP contribution in [0.2, 0.25) is 0 Å². The molecule has 23 heavy (non-hydrogen) atoms. The lowest BCUT2D eigenvalue weighted by Crippen LogP contribution is -2.29. The van der Waals surface area contributed by atoms with Crippen molar-refractivity contribution in [3.8, 4) is 0 Å². The topological polar surface area (TPSA) is 55.2 Å². The Morgan fingerprint density at radius 1 is 1.13 bits per heavy atom. The highest BCUT2D eigenvalue weighted by Crippen LogP contribution is 2.52. The molecule has 2 aliphatic rings. The minimum Gasteiger partial charge on any atom is -0.376 e. The third-order valence-electron chi connectivity index (χ3n) is 4.81. The van der Waals surface area contributed by atoms with Crippen molar-refractivity contribution in [1.29, 1.82) is 0 Å². The molecular weight excluding hydrogens is 356 g/mol. The monoisotopic (exact) mass is 370 g/mol. The minimum atomic E-state index is -0.288. The molecule has 0 amide bonds. The maximum absolute atomic E-state index is 11.4. The Kier molecular flexibility index (Phi) is 3.45. The number of hydrogen-bond donors (Lipinski definition) is 1. The molecular formula is C18H15BrN2O2. The molecule has 0 aromatic heterocycles. The van der Waals surface area contributed by atoms with Gasteiger partial charge in [-0.1, -0.05) is 42.5 Å². The fourth-order valence-corrected chi connectivity index (χ4v) is 4.30. The quantitative estimate of drug-likeness (QED) is 0.449. The van der Waals surface area contributed by atoms with E-state index in [1.54, 1.807) is 12.1 Å². The zero-order valence-corrected chi connectivity index (χ0v) is 13.9. The molecule has 2 aromatic carbocycles. The summed E-state index contributed by atoms with van der Waals surface area (Å²) in [7, 11) is 0. The molecule has 0 spiro atoms. The van der Waals surface area contributed by atoms with Crippen LogP contribution in [0.3, 0.4) is 0 Å². The van der Waals surface area contributed by atoms with Crippen molar-refractivity contribution in [2.24, 2.45) is 5.92 Å². The molecule has 1 aliphatic heterocycles. The molecule has 1 N–H and O–H groups in total. The van der Waals surface area contributed by atoms with Gasteiger partial charge in [0.05, 0.1) is 22.2 Å². The molecule has 5 heteroatoms. The predicted molar refractivity (Wildman–Crippen MR) is 93.6 cm³/mol. The first-order valence-electron chi connectivity index (χ1n) is 7.61. The first kappa shape index (κ1) is 14.5. The van der Waals surface area contributed by atoms with Gasteiger partial charge in [0.1, 0.15) is 0 Å². The molecule has 0 saturated heterocycles. The fourth-order valence-electron chi connectivity index (χ4n) is 3.81. The predicted octanol–water partition coefficient (Wildman–Crippen LogP) is 5.18. The van der Waals surface area contributed by atoms with E-state index in [-0.39, 0.29) is 16.7 Å². The van der Waals surface area contributed by atoms with Crippen LogP contribution in [-0.2, 0) is 0 Å². The first-order chi connectivity index (χ1) is 11.2. The van der Waals surface area contributed by atoms with Gasteiger partial charge in [-0.2, -0.15) is 0 Å². The van der Waals surface area contributed by atoms with E-state index < -0.39 is 0 Å². The summed E-state index contributed by atoms with van der Waals surface area (Å²) in [5.41, 5.74) is 3.25. The van der Waals surface area contributed by atoms with Crippen LogP contribution in [0, 0.1) is 16.0 Å². The Balaban J connectivity index is 1.86. The van der Waals surface area contributed by atoms with Crippen LogP contribution >= 0.6 is 15.9 Å². The normalized spacial score (nSPS) is 24.7. The average Bonchev–Trinajstić information content (AvgIpc) is 3.04. The van der Waals surface area contributed by atoms with Gasteiger partial charge < -0.3 is 5.32 Å². The standard InChI is InChI=1S/C18H15BrN2O2/c19-15-9-4-8-13-11-6-3-7-12(11)17(20-18(13)15)14-5-1-2-10-16(14)21(22)23/h1-6,8-12,17,20H,7H2/t11-,12+,17-/m0/s1. The van der Waals surface area contributed by atoms with E-state index in [9.17, 15) is 10.1 Å². The van der Waals surface area contributed by atoms with E-state index in [2.05, 4.69) is 39.5 Å². The molecule has 4 nitrogen and oxygen atoms in total. The Labute approximate surface area is 142 Å². The summed E-state index contributed by atoms with van der Waals surface area (Å²) >= 11 is 3.61. The van der Waals surface area contributed by atoms with E-state index in [4.69, 9.17) is 0 Å². The largest absolute Gasteiger partial charge is 0.376 e. The van der Waals surface area contributed by atoms with Crippen LogP contribution in [-0.4, -0.2) is 4.92 Å². The molecule has 0 saturated carbocycles. The SMILES string of the molecule is O=[N+]([O-])c1ccccc1[C@H]1Nc2c(Br)cccc2[C@H]2C=CC[C@H]21. The van der Waals surface area contributed by atoms with Gasteiger partial charge in [0.25, 0.3) is 5.69 Å². The van der Waals surface area contributed by atoms with Gasteiger partial charge in [-0.25, -0.2) is 0 Å². The van der Waals surface area contributed by atoms with E-state index in [1.807, 2.05) is 24.3 Å². The smallest absolute Gasteiger partial charge is 0.274 e. The Hall–Kier alpha value is -2.14. The molecule has 0 bridgehead atoms. The zero-order chi connectivity index (χ0) is 16.0. The molecule has 0 fully saturated rings. The van der Waals surface area contributed by atoms with Crippen LogP contribution in [0.4, 0.5) is 11.4 Å². The van der Waals surface area contributed by atoms with Gasteiger partial charge in [0.15, 0.2) is 0 Å². The molecule has 3 atom stereocenters. The average molecular weight is 371 g/mol. The summed E-state index contributed by atoms with van der Waals surface area (Å²) in [6.45, 7) is 0. The number of hydrogen-bond acceptors (Lipinski definition) is 3. The van der Waals surface area contributed by atoms with Gasteiger partial charge >= 0.3 is 0 Å². The van der Waals surface area contributed by atoms with Crippen molar-refractivity contribution in [3.05, 3.63) is 80.3 Å². The van der Waals surface area contributed by atoms with E-state index in [1.165, 1.54) is 5.56 Å². The highest BCUT2D eigenvalue weighted by atomic mass is 79.9. The fraction of sp³-hybridized carbons (Fsp3) is 0.222. The molecule has 2 aromatic rings. The van der Waals surface area contributed by atoms with Crippen molar-refractivity contribution in [2.75, 3.05) is 5.32 Å². The molecule has 1 aliphatic carbocycles. The number of fused-ring (bicyclic) bond motifs is 3. The summed E-state index contributed by atoms with van der Waals surface area (Å²) in [6.07, 6.45) is 5.35. The van der Waals surface area contributed by atoms with Gasteiger partial charge in [-0.05, 0) is 39.9 Å². The van der Waals surface area contributed by atoms with Gasteiger partial charge in [0.2, 0.25) is 0 Å². The number of para-hydroxylation sites is 2. The van der Waals surface area contributed by atoms with Gasteiger partial charge in [-0.3, -0.25) is 10.1 Å². The lowest BCUT2D eigenvalue weighted by Gasteiger charge is -2.37. The lowest BCUT2D eigenvalue weighted by atomic mass is 9.77. The molecule has 1 heterocycles. The highest BCUT2D eigenvalue weighted by molar-refractivity contribution is 9.10. The van der Waals surface area contributed by atoms with E-state index in [0.717, 1.165) is 22.1 Å². The van der Waals surface area contributed by atoms with Crippen LogP contribution in [0.25, 0.3) is 0 Å². The minimum absolute atomic E-state index is 0.0669. The van der Waals surface area contributed by atoms with Crippen LogP contribution in [0.5, 0.6) is 0 Å². The van der Waals surface area contributed by atoms with Crippen LogP contribution < -0.4 is 5.32 Å². The van der Waals surface area contributed by atoms with Crippen LogP contribution in [0.15, 0.2) is 59.1 Å². The third kappa shape index (κ3) is 2.27. The Morgan fingerprint density at radius 2 is 1.91 bits per heavy atom. The molecule has 116 valence electrons. The van der Waals surface area contributed by atoms with E-state index in [0.29, 0.717) is 11.8 Å².